The van der Waals surface area contributed by atoms with E-state index in [1.807, 2.05) is 6.07 Å². The summed E-state index contributed by atoms with van der Waals surface area (Å²) >= 11 is 0. The van der Waals surface area contributed by atoms with Gasteiger partial charge in [0.05, 0.1) is 6.61 Å². The number of hydrogen-bond donors (Lipinski definition) is 1. The molecule has 1 fully saturated rings. The van der Waals surface area contributed by atoms with Crippen molar-refractivity contribution in [3.8, 4) is 5.75 Å². The van der Waals surface area contributed by atoms with Crippen LogP contribution in [0.15, 0.2) is 60.7 Å². The monoisotopic (exact) mass is 432 g/mol. The quantitative estimate of drug-likeness (QED) is 0.549. The number of carboxylic acid groups (broad SMARTS) is 1. The molecule has 4 rings (SSSR count). The second-order valence-corrected chi connectivity index (χ2v) is 8.70. The number of fused-ring (bicyclic) bond motifs is 1. The number of rotatable bonds is 9. The highest BCUT2D eigenvalue weighted by Gasteiger charge is 2.15. The first kappa shape index (κ1) is 22.3. The molecule has 1 aliphatic heterocycles. The molecule has 32 heavy (non-hydrogen) atoms. The maximum absolute atomic E-state index is 11.1. The molecule has 1 N–H and O–H groups in total. The van der Waals surface area contributed by atoms with Crippen LogP contribution in [0.2, 0.25) is 0 Å². The van der Waals surface area contributed by atoms with Crippen molar-refractivity contribution in [2.24, 2.45) is 0 Å². The molecule has 0 aliphatic carbocycles. The molecule has 0 radical (unpaired) electrons. The second-order valence-electron chi connectivity index (χ2n) is 8.70. The largest absolute Gasteiger partial charge is 0.493 e. The van der Waals surface area contributed by atoms with Gasteiger partial charge in [-0.1, -0.05) is 54.6 Å². The first-order chi connectivity index (χ1) is 15.6. The number of piperazine rings is 1. The topological polar surface area (TPSA) is 53.0 Å². The van der Waals surface area contributed by atoms with Crippen LogP contribution in [0.5, 0.6) is 5.75 Å². The van der Waals surface area contributed by atoms with Gasteiger partial charge in [-0.3, -0.25) is 9.69 Å². The minimum Gasteiger partial charge on any atom is -0.493 e. The zero-order valence-corrected chi connectivity index (χ0v) is 18.8. The normalized spacial score (nSPS) is 15.2. The lowest BCUT2D eigenvalue weighted by molar-refractivity contribution is -0.136. The molecule has 3 aromatic rings. The van der Waals surface area contributed by atoms with Crippen molar-refractivity contribution < 1.29 is 14.6 Å². The molecule has 0 unspecified atom stereocenters. The average molecular weight is 433 g/mol. The summed E-state index contributed by atoms with van der Waals surface area (Å²) in [5.41, 5.74) is 3.42. The first-order valence-electron chi connectivity index (χ1n) is 11.4. The van der Waals surface area contributed by atoms with E-state index >= 15 is 0 Å². The summed E-state index contributed by atoms with van der Waals surface area (Å²) in [7, 11) is 2.16. The number of carboxylic acids is 1. The Balaban J connectivity index is 1.42. The summed E-state index contributed by atoms with van der Waals surface area (Å²) in [6.45, 7) is 5.77. The highest BCUT2D eigenvalue weighted by atomic mass is 16.5. The van der Waals surface area contributed by atoms with Crippen molar-refractivity contribution >= 4 is 16.7 Å². The van der Waals surface area contributed by atoms with Crippen molar-refractivity contribution in [1.29, 1.82) is 0 Å². The summed E-state index contributed by atoms with van der Waals surface area (Å²) in [5, 5.41) is 11.6. The van der Waals surface area contributed by atoms with E-state index in [0.29, 0.717) is 13.0 Å². The SMILES string of the molecule is CN1CCN(Cc2ccc(CCC(=O)O)c(OCCc3ccc4ccccc4c3)c2)CC1. The van der Waals surface area contributed by atoms with Gasteiger partial charge in [0.25, 0.3) is 0 Å². The predicted octanol–water partition coefficient (Wildman–Crippen LogP) is 4.23. The van der Waals surface area contributed by atoms with Crippen LogP contribution in [0, 0.1) is 0 Å². The number of carbonyl (C=O) groups is 1. The average Bonchev–Trinajstić information content (AvgIpc) is 2.80. The number of hydrogen-bond acceptors (Lipinski definition) is 4. The Bertz CT molecular complexity index is 1060. The van der Waals surface area contributed by atoms with E-state index in [1.54, 1.807) is 0 Å². The third kappa shape index (κ3) is 6.09. The fraction of sp³-hybridized carbons (Fsp3) is 0.370. The Hall–Kier alpha value is -2.89. The van der Waals surface area contributed by atoms with Crippen LogP contribution in [-0.4, -0.2) is 60.7 Å². The van der Waals surface area contributed by atoms with E-state index in [4.69, 9.17) is 9.84 Å². The summed E-state index contributed by atoms with van der Waals surface area (Å²) < 4.78 is 6.21. The van der Waals surface area contributed by atoms with E-state index in [2.05, 4.69) is 71.4 Å². The van der Waals surface area contributed by atoms with Crippen LogP contribution < -0.4 is 4.74 Å². The van der Waals surface area contributed by atoms with Crippen LogP contribution in [0.3, 0.4) is 0 Å². The number of aryl methyl sites for hydroxylation is 1. The maximum atomic E-state index is 11.1. The molecule has 0 atom stereocenters. The van der Waals surface area contributed by atoms with Gasteiger partial charge in [0.15, 0.2) is 0 Å². The molecular weight excluding hydrogens is 400 g/mol. The van der Waals surface area contributed by atoms with Gasteiger partial charge in [-0.25, -0.2) is 0 Å². The minimum absolute atomic E-state index is 0.110. The molecule has 0 spiro atoms. The first-order valence-corrected chi connectivity index (χ1v) is 11.4. The van der Waals surface area contributed by atoms with Crippen LogP contribution in [0.4, 0.5) is 0 Å². The lowest BCUT2D eigenvalue weighted by atomic mass is 10.0. The number of likely N-dealkylation sites (N-methyl/N-ethyl adjacent to an activating group) is 1. The summed E-state index contributed by atoms with van der Waals surface area (Å²) in [4.78, 5) is 15.9. The molecule has 3 aromatic carbocycles. The van der Waals surface area contributed by atoms with Gasteiger partial charge in [-0.15, -0.1) is 0 Å². The second kappa shape index (κ2) is 10.6. The van der Waals surface area contributed by atoms with Gasteiger partial charge in [0.1, 0.15) is 5.75 Å². The van der Waals surface area contributed by atoms with Crippen LogP contribution in [0.1, 0.15) is 23.1 Å². The van der Waals surface area contributed by atoms with E-state index in [0.717, 1.165) is 50.5 Å². The summed E-state index contributed by atoms with van der Waals surface area (Å²) in [6, 6.07) is 21.2. The fourth-order valence-electron chi connectivity index (χ4n) is 4.22. The molecule has 1 aliphatic rings. The van der Waals surface area contributed by atoms with Gasteiger partial charge in [-0.05, 0) is 47.0 Å². The Labute approximate surface area is 190 Å². The molecule has 0 amide bonds. The molecule has 5 heteroatoms. The van der Waals surface area contributed by atoms with Crippen LogP contribution in [-0.2, 0) is 24.2 Å². The van der Waals surface area contributed by atoms with Crippen molar-refractivity contribution in [3.63, 3.8) is 0 Å². The highest BCUT2D eigenvalue weighted by molar-refractivity contribution is 5.83. The zero-order valence-electron chi connectivity index (χ0n) is 18.8. The van der Waals surface area contributed by atoms with Crippen LogP contribution >= 0.6 is 0 Å². The molecule has 5 nitrogen and oxygen atoms in total. The minimum atomic E-state index is -0.784. The van der Waals surface area contributed by atoms with Crippen molar-refractivity contribution in [2.75, 3.05) is 39.8 Å². The third-order valence-corrected chi connectivity index (χ3v) is 6.20. The lowest BCUT2D eigenvalue weighted by Gasteiger charge is -2.32. The molecule has 1 heterocycles. The Morgan fingerprint density at radius 2 is 1.66 bits per heavy atom. The summed E-state index contributed by atoms with van der Waals surface area (Å²) in [6.07, 6.45) is 1.40. The zero-order chi connectivity index (χ0) is 22.3. The van der Waals surface area contributed by atoms with E-state index < -0.39 is 5.97 Å². The number of aliphatic carboxylic acids is 1. The maximum Gasteiger partial charge on any atom is 0.303 e. The Kier molecular flexibility index (Phi) is 7.40. The molecule has 0 saturated carbocycles. The van der Waals surface area contributed by atoms with Gasteiger partial charge in [0.2, 0.25) is 0 Å². The smallest absolute Gasteiger partial charge is 0.303 e. The molecule has 0 bridgehead atoms. The van der Waals surface area contributed by atoms with Crippen molar-refractivity contribution in [3.05, 3.63) is 77.4 Å². The van der Waals surface area contributed by atoms with Crippen LogP contribution in [0.25, 0.3) is 10.8 Å². The third-order valence-electron chi connectivity index (χ3n) is 6.20. The molecular formula is C27H32N2O3. The lowest BCUT2D eigenvalue weighted by Crippen LogP contribution is -2.43. The van der Waals surface area contributed by atoms with E-state index in [9.17, 15) is 4.79 Å². The van der Waals surface area contributed by atoms with Crippen molar-refractivity contribution in [1.82, 2.24) is 9.80 Å². The van der Waals surface area contributed by atoms with Gasteiger partial charge in [0, 0.05) is 45.6 Å². The van der Waals surface area contributed by atoms with Gasteiger partial charge < -0.3 is 14.7 Å². The number of nitrogens with zero attached hydrogens (tertiary/aromatic N) is 2. The summed E-state index contributed by atoms with van der Waals surface area (Å²) in [5.74, 6) is 0.0345. The van der Waals surface area contributed by atoms with E-state index in [1.165, 1.54) is 21.9 Å². The number of ether oxygens (including phenoxy) is 1. The van der Waals surface area contributed by atoms with E-state index in [-0.39, 0.29) is 6.42 Å². The van der Waals surface area contributed by atoms with Gasteiger partial charge >= 0.3 is 5.97 Å². The molecule has 168 valence electrons. The Morgan fingerprint density at radius 3 is 2.44 bits per heavy atom. The predicted molar refractivity (Wildman–Crippen MR) is 128 cm³/mol. The molecule has 1 saturated heterocycles. The number of benzene rings is 3. The standard InChI is InChI=1S/C27H32N2O3/c1-28-13-15-29(16-14-28)20-22-7-9-24(10-11-27(30)31)26(19-22)32-17-12-21-6-8-23-4-2-3-5-25(23)18-21/h2-9,18-19H,10-17,20H2,1H3,(H,30,31). The fourth-order valence-corrected chi connectivity index (χ4v) is 4.22. The van der Waals surface area contributed by atoms with Crippen molar-refractivity contribution in [2.45, 2.75) is 25.8 Å². The highest BCUT2D eigenvalue weighted by Crippen LogP contribution is 2.24. The molecule has 0 aromatic heterocycles. The van der Waals surface area contributed by atoms with Gasteiger partial charge in [-0.2, -0.15) is 0 Å². The Morgan fingerprint density at radius 1 is 0.906 bits per heavy atom.